The van der Waals surface area contributed by atoms with Gasteiger partial charge in [0.25, 0.3) is 5.91 Å². The lowest BCUT2D eigenvalue weighted by Crippen LogP contribution is -2.58. The summed E-state index contributed by atoms with van der Waals surface area (Å²) >= 11 is 5.82. The quantitative estimate of drug-likeness (QED) is 0.820. The number of nitrogens with one attached hydrogen (secondary N) is 2. The monoisotopic (exact) mass is 356 g/mol. The molecule has 2 N–H and O–H groups in total. The number of halogens is 1. The van der Waals surface area contributed by atoms with Crippen LogP contribution in [0.3, 0.4) is 0 Å². The van der Waals surface area contributed by atoms with Crippen molar-refractivity contribution in [1.29, 1.82) is 5.26 Å². The highest BCUT2D eigenvalue weighted by molar-refractivity contribution is 6.30. The first-order valence-corrected chi connectivity index (χ1v) is 7.85. The van der Waals surface area contributed by atoms with Crippen LogP contribution in [-0.2, 0) is 0 Å². The molecule has 3 amide bonds. The molecule has 2 aromatic carbocycles. The van der Waals surface area contributed by atoms with Crippen molar-refractivity contribution < 1.29 is 9.59 Å². The number of amides is 3. The Morgan fingerprint density at radius 3 is 2.24 bits per heavy atom. The standard InChI is InChI=1S/C18H17ClN4O2/c1-18(2,12-20)23(22-16(24)13-6-4-3-5-7-13)17(25)21-15-10-8-14(19)9-11-15/h3-11H,1-2H3,(H,21,25)(H,22,24). The van der Waals surface area contributed by atoms with Gasteiger partial charge in [-0.2, -0.15) is 5.26 Å². The molecule has 0 atom stereocenters. The summed E-state index contributed by atoms with van der Waals surface area (Å²) in [5, 5.41) is 13.5. The van der Waals surface area contributed by atoms with E-state index in [1.807, 2.05) is 6.07 Å². The van der Waals surface area contributed by atoms with Crippen LogP contribution in [0.15, 0.2) is 54.6 Å². The Balaban J connectivity index is 2.21. The summed E-state index contributed by atoms with van der Waals surface area (Å²) < 4.78 is 0. The molecule has 2 rings (SSSR count). The molecule has 0 aromatic heterocycles. The fraction of sp³-hybridized carbons (Fsp3) is 0.167. The Labute approximate surface area is 151 Å². The first-order chi connectivity index (χ1) is 11.8. The highest BCUT2D eigenvalue weighted by Gasteiger charge is 2.33. The fourth-order valence-corrected chi connectivity index (χ4v) is 2.09. The van der Waals surface area contributed by atoms with E-state index in [0.717, 1.165) is 5.01 Å². The molecule has 0 saturated heterocycles. The third kappa shape index (κ3) is 4.72. The van der Waals surface area contributed by atoms with E-state index in [2.05, 4.69) is 10.7 Å². The lowest BCUT2D eigenvalue weighted by atomic mass is 10.1. The molecule has 7 heteroatoms. The van der Waals surface area contributed by atoms with Gasteiger partial charge >= 0.3 is 6.03 Å². The van der Waals surface area contributed by atoms with Crippen molar-refractivity contribution >= 4 is 29.2 Å². The third-order valence-corrected chi connectivity index (χ3v) is 3.63. The summed E-state index contributed by atoms with van der Waals surface area (Å²) in [4.78, 5) is 24.9. The summed E-state index contributed by atoms with van der Waals surface area (Å²) in [7, 11) is 0. The number of anilines is 1. The van der Waals surface area contributed by atoms with E-state index in [4.69, 9.17) is 11.6 Å². The van der Waals surface area contributed by atoms with Crippen molar-refractivity contribution in [2.75, 3.05) is 5.32 Å². The molecule has 2 aromatic rings. The van der Waals surface area contributed by atoms with E-state index in [1.54, 1.807) is 54.6 Å². The molecule has 0 spiro atoms. The molecule has 0 aliphatic rings. The number of nitrogens with zero attached hydrogens (tertiary/aromatic N) is 2. The van der Waals surface area contributed by atoms with Crippen molar-refractivity contribution in [2.24, 2.45) is 0 Å². The molecule has 0 radical (unpaired) electrons. The first kappa shape index (κ1) is 18.3. The number of benzene rings is 2. The van der Waals surface area contributed by atoms with E-state index in [0.29, 0.717) is 16.3 Å². The van der Waals surface area contributed by atoms with E-state index >= 15 is 0 Å². The largest absolute Gasteiger partial charge is 0.342 e. The van der Waals surface area contributed by atoms with Crippen LogP contribution < -0.4 is 10.7 Å². The third-order valence-electron chi connectivity index (χ3n) is 3.38. The average Bonchev–Trinajstić information content (AvgIpc) is 2.62. The number of hydrazine groups is 1. The minimum Gasteiger partial charge on any atom is -0.306 e. The van der Waals surface area contributed by atoms with Crippen LogP contribution >= 0.6 is 11.6 Å². The Bertz CT molecular complexity index is 798. The fourth-order valence-electron chi connectivity index (χ4n) is 1.96. The molecular weight excluding hydrogens is 340 g/mol. The van der Waals surface area contributed by atoms with E-state index in [9.17, 15) is 14.9 Å². The van der Waals surface area contributed by atoms with Crippen LogP contribution in [0.2, 0.25) is 5.02 Å². The number of nitriles is 1. The summed E-state index contributed by atoms with van der Waals surface area (Å²) in [6.45, 7) is 3.05. The molecule has 0 heterocycles. The number of rotatable bonds is 3. The summed E-state index contributed by atoms with van der Waals surface area (Å²) in [6, 6.07) is 16.3. The number of hydrogen-bond donors (Lipinski definition) is 2. The Hall–Kier alpha value is -3.04. The second kappa shape index (κ2) is 7.69. The van der Waals surface area contributed by atoms with Gasteiger partial charge in [0.1, 0.15) is 5.54 Å². The zero-order valence-corrected chi connectivity index (χ0v) is 14.5. The zero-order valence-electron chi connectivity index (χ0n) is 13.8. The maximum atomic E-state index is 12.6. The van der Waals surface area contributed by atoms with E-state index in [-0.39, 0.29) is 0 Å². The van der Waals surface area contributed by atoms with Gasteiger partial charge in [0, 0.05) is 16.3 Å². The molecule has 0 aliphatic carbocycles. The normalized spacial score (nSPS) is 10.5. The van der Waals surface area contributed by atoms with Gasteiger partial charge < -0.3 is 5.32 Å². The number of carbonyl (C=O) groups is 2. The van der Waals surface area contributed by atoms with Crippen LogP contribution in [0.1, 0.15) is 24.2 Å². The van der Waals surface area contributed by atoms with Gasteiger partial charge in [-0.1, -0.05) is 29.8 Å². The summed E-state index contributed by atoms with van der Waals surface area (Å²) in [6.07, 6.45) is 0. The minimum atomic E-state index is -1.26. The smallest absolute Gasteiger partial charge is 0.306 e. The Kier molecular flexibility index (Phi) is 5.63. The van der Waals surface area contributed by atoms with Gasteiger partial charge in [-0.15, -0.1) is 0 Å². The predicted octanol–water partition coefficient (Wildman–Crippen LogP) is 3.82. The topological polar surface area (TPSA) is 85.2 Å². The van der Waals surface area contributed by atoms with E-state index in [1.165, 1.54) is 13.8 Å². The van der Waals surface area contributed by atoms with Crippen molar-refractivity contribution in [1.82, 2.24) is 10.4 Å². The van der Waals surface area contributed by atoms with Crippen LogP contribution in [-0.4, -0.2) is 22.5 Å². The van der Waals surface area contributed by atoms with Crippen LogP contribution in [0.25, 0.3) is 0 Å². The number of urea groups is 1. The van der Waals surface area contributed by atoms with Crippen molar-refractivity contribution in [3.63, 3.8) is 0 Å². The average molecular weight is 357 g/mol. The molecule has 0 bridgehead atoms. The van der Waals surface area contributed by atoms with Gasteiger partial charge in [0.2, 0.25) is 0 Å². The van der Waals surface area contributed by atoms with E-state index < -0.39 is 17.5 Å². The SMILES string of the molecule is CC(C)(C#N)N(NC(=O)c1ccccc1)C(=O)Nc1ccc(Cl)cc1. The van der Waals surface area contributed by atoms with Crippen molar-refractivity contribution in [3.05, 3.63) is 65.2 Å². The van der Waals surface area contributed by atoms with Gasteiger partial charge in [-0.3, -0.25) is 10.2 Å². The van der Waals surface area contributed by atoms with Crippen LogP contribution in [0, 0.1) is 11.3 Å². The predicted molar refractivity (Wildman–Crippen MR) is 95.9 cm³/mol. The highest BCUT2D eigenvalue weighted by atomic mass is 35.5. The van der Waals surface area contributed by atoms with Gasteiger partial charge in [0.05, 0.1) is 6.07 Å². The highest BCUT2D eigenvalue weighted by Crippen LogP contribution is 2.17. The maximum absolute atomic E-state index is 12.6. The molecule has 0 saturated carbocycles. The van der Waals surface area contributed by atoms with Gasteiger partial charge in [0.15, 0.2) is 0 Å². The zero-order chi connectivity index (χ0) is 18.4. The molecule has 128 valence electrons. The van der Waals surface area contributed by atoms with Crippen LogP contribution in [0.4, 0.5) is 10.5 Å². The van der Waals surface area contributed by atoms with Crippen LogP contribution in [0.5, 0.6) is 0 Å². The van der Waals surface area contributed by atoms with Gasteiger partial charge in [-0.05, 0) is 50.2 Å². The summed E-state index contributed by atoms with van der Waals surface area (Å²) in [5.41, 5.74) is 2.09. The molecule has 25 heavy (non-hydrogen) atoms. The molecule has 6 nitrogen and oxygen atoms in total. The number of hydrogen-bond acceptors (Lipinski definition) is 3. The molecule has 0 unspecified atom stereocenters. The number of carbonyl (C=O) groups excluding carboxylic acids is 2. The Morgan fingerprint density at radius 1 is 1.08 bits per heavy atom. The molecule has 0 fully saturated rings. The Morgan fingerprint density at radius 2 is 1.68 bits per heavy atom. The first-order valence-electron chi connectivity index (χ1n) is 7.47. The lowest BCUT2D eigenvalue weighted by Gasteiger charge is -2.32. The molecule has 0 aliphatic heterocycles. The second-order valence-electron chi connectivity index (χ2n) is 5.75. The van der Waals surface area contributed by atoms with Crippen molar-refractivity contribution in [2.45, 2.75) is 19.4 Å². The molecular formula is C18H17ClN4O2. The summed E-state index contributed by atoms with van der Waals surface area (Å²) in [5.74, 6) is -0.491. The maximum Gasteiger partial charge on any atom is 0.342 e. The minimum absolute atomic E-state index is 0.375. The lowest BCUT2D eigenvalue weighted by molar-refractivity contribution is 0.0740. The van der Waals surface area contributed by atoms with Gasteiger partial charge in [-0.25, -0.2) is 9.80 Å². The van der Waals surface area contributed by atoms with Crippen molar-refractivity contribution in [3.8, 4) is 6.07 Å². The second-order valence-corrected chi connectivity index (χ2v) is 6.19.